The minimum atomic E-state index is -3.12. The van der Waals surface area contributed by atoms with Crippen molar-refractivity contribution in [2.75, 3.05) is 25.7 Å². The summed E-state index contributed by atoms with van der Waals surface area (Å²) in [5.41, 5.74) is 1.24. The van der Waals surface area contributed by atoms with Gasteiger partial charge in [0.05, 0.1) is 36.0 Å². The van der Waals surface area contributed by atoms with Gasteiger partial charge in [-0.05, 0) is 45.6 Å². The topological polar surface area (TPSA) is 103 Å². The van der Waals surface area contributed by atoms with E-state index in [4.69, 9.17) is 13.9 Å². The van der Waals surface area contributed by atoms with E-state index in [1.54, 1.807) is 21.1 Å². The number of nitrogens with zero attached hydrogens (tertiary/aromatic N) is 1. The molecule has 4 rings (SSSR count). The minimum absolute atomic E-state index is 0.0448. The van der Waals surface area contributed by atoms with Gasteiger partial charge in [0, 0.05) is 24.7 Å². The first kappa shape index (κ1) is 22.6. The molecule has 8 nitrogen and oxygen atoms in total. The standard InChI is InChI=1S/C23H29NO7S/c1-13-16(10-19(25)24(4)14-7-9-32(27,28)12-14)22(26)30-21-15-6-8-23(2,3)31-17(15)11-18(29-5)20(13)21/h11,14H,6-10,12H2,1-5H3/t14-/m0/s1. The van der Waals surface area contributed by atoms with Crippen molar-refractivity contribution in [3.8, 4) is 11.5 Å². The van der Waals surface area contributed by atoms with Crippen LogP contribution in [0.1, 0.15) is 43.4 Å². The highest BCUT2D eigenvalue weighted by Gasteiger charge is 2.34. The fraction of sp³-hybridized carbons (Fsp3) is 0.565. The van der Waals surface area contributed by atoms with Crippen molar-refractivity contribution < 1.29 is 27.1 Å². The summed E-state index contributed by atoms with van der Waals surface area (Å²) in [4.78, 5) is 27.3. The number of rotatable bonds is 4. The summed E-state index contributed by atoms with van der Waals surface area (Å²) >= 11 is 0. The second-order valence-corrected chi connectivity index (χ2v) is 11.6. The maximum atomic E-state index is 12.9. The van der Waals surface area contributed by atoms with Crippen molar-refractivity contribution in [1.29, 1.82) is 0 Å². The number of aryl methyl sites for hydroxylation is 2. The molecule has 0 radical (unpaired) electrons. The number of methoxy groups -OCH3 is 1. The van der Waals surface area contributed by atoms with Crippen LogP contribution in [0.3, 0.4) is 0 Å². The lowest BCUT2D eigenvalue weighted by Crippen LogP contribution is -2.39. The number of carbonyl (C=O) groups excluding carboxylic acids is 1. The zero-order valence-electron chi connectivity index (χ0n) is 19.1. The van der Waals surface area contributed by atoms with Gasteiger partial charge >= 0.3 is 5.63 Å². The summed E-state index contributed by atoms with van der Waals surface area (Å²) in [5, 5.41) is 0.656. The quantitative estimate of drug-likeness (QED) is 0.642. The molecule has 32 heavy (non-hydrogen) atoms. The Morgan fingerprint density at radius 2 is 2.06 bits per heavy atom. The highest BCUT2D eigenvalue weighted by atomic mass is 32.2. The van der Waals surface area contributed by atoms with Gasteiger partial charge in [-0.2, -0.15) is 0 Å². The van der Waals surface area contributed by atoms with Crippen LogP contribution in [0.5, 0.6) is 11.5 Å². The molecule has 0 N–H and O–H groups in total. The molecule has 1 amide bonds. The minimum Gasteiger partial charge on any atom is -0.496 e. The smallest absolute Gasteiger partial charge is 0.340 e. The molecule has 174 valence electrons. The van der Waals surface area contributed by atoms with E-state index in [9.17, 15) is 18.0 Å². The molecule has 0 bridgehead atoms. The van der Waals surface area contributed by atoms with Crippen molar-refractivity contribution in [3.05, 3.63) is 33.2 Å². The largest absolute Gasteiger partial charge is 0.496 e. The number of benzene rings is 1. The molecule has 9 heteroatoms. The number of likely N-dealkylation sites (N-methyl/N-ethyl adjacent to an activating group) is 1. The van der Waals surface area contributed by atoms with Gasteiger partial charge in [0.25, 0.3) is 0 Å². The van der Waals surface area contributed by atoms with E-state index in [1.807, 2.05) is 19.9 Å². The molecule has 0 unspecified atom stereocenters. The van der Waals surface area contributed by atoms with Crippen LogP contribution < -0.4 is 15.1 Å². The van der Waals surface area contributed by atoms with Gasteiger partial charge in [-0.1, -0.05) is 0 Å². The van der Waals surface area contributed by atoms with E-state index in [0.29, 0.717) is 40.9 Å². The Balaban J connectivity index is 1.74. The molecule has 1 aromatic heterocycles. The molecule has 1 saturated heterocycles. The maximum Gasteiger partial charge on any atom is 0.340 e. The van der Waals surface area contributed by atoms with Crippen LogP contribution in [0.15, 0.2) is 15.3 Å². The number of amides is 1. The fourth-order valence-electron chi connectivity index (χ4n) is 4.61. The van der Waals surface area contributed by atoms with E-state index >= 15 is 0 Å². The number of fused-ring (bicyclic) bond motifs is 3. The van der Waals surface area contributed by atoms with Gasteiger partial charge < -0.3 is 18.8 Å². The molecular weight excluding hydrogens is 434 g/mol. The van der Waals surface area contributed by atoms with Crippen LogP contribution in [-0.2, 0) is 27.5 Å². The van der Waals surface area contributed by atoms with E-state index < -0.39 is 15.5 Å². The second-order valence-electron chi connectivity index (χ2n) is 9.35. The van der Waals surface area contributed by atoms with E-state index in [-0.39, 0.29) is 41.0 Å². The van der Waals surface area contributed by atoms with Crippen LogP contribution in [0, 0.1) is 6.92 Å². The Hall–Kier alpha value is -2.55. The fourth-order valence-corrected chi connectivity index (χ4v) is 6.38. The number of carbonyl (C=O) groups is 1. The maximum absolute atomic E-state index is 12.9. The monoisotopic (exact) mass is 463 g/mol. The Kier molecular flexibility index (Phi) is 5.51. The number of hydrogen-bond acceptors (Lipinski definition) is 7. The average molecular weight is 464 g/mol. The third kappa shape index (κ3) is 3.98. The molecule has 1 atom stereocenters. The molecule has 2 aliphatic heterocycles. The predicted molar refractivity (Wildman–Crippen MR) is 120 cm³/mol. The van der Waals surface area contributed by atoms with Gasteiger partial charge in [0.1, 0.15) is 22.7 Å². The van der Waals surface area contributed by atoms with Crippen LogP contribution in [0.4, 0.5) is 0 Å². The van der Waals surface area contributed by atoms with Crippen molar-refractivity contribution in [3.63, 3.8) is 0 Å². The van der Waals surface area contributed by atoms with Crippen molar-refractivity contribution in [1.82, 2.24) is 4.90 Å². The van der Waals surface area contributed by atoms with Gasteiger partial charge in [-0.3, -0.25) is 4.79 Å². The van der Waals surface area contributed by atoms with Crippen LogP contribution in [0.2, 0.25) is 0 Å². The summed E-state index contributed by atoms with van der Waals surface area (Å²) in [6.45, 7) is 5.80. The number of hydrogen-bond donors (Lipinski definition) is 0. The number of ether oxygens (including phenoxy) is 2. The third-order valence-corrected chi connectivity index (χ3v) is 8.39. The lowest BCUT2D eigenvalue weighted by atomic mass is 9.91. The van der Waals surface area contributed by atoms with Gasteiger partial charge in [0.2, 0.25) is 5.91 Å². The summed E-state index contributed by atoms with van der Waals surface area (Å²) in [6.07, 6.45) is 1.72. The van der Waals surface area contributed by atoms with E-state index in [2.05, 4.69) is 0 Å². The zero-order chi connectivity index (χ0) is 23.4. The predicted octanol–water partition coefficient (Wildman–Crippen LogP) is 2.40. The molecule has 1 fully saturated rings. The highest BCUT2D eigenvalue weighted by molar-refractivity contribution is 7.91. The highest BCUT2D eigenvalue weighted by Crippen LogP contribution is 2.43. The Morgan fingerprint density at radius 3 is 2.69 bits per heavy atom. The van der Waals surface area contributed by atoms with Crippen LogP contribution in [-0.4, -0.2) is 56.5 Å². The molecule has 2 aromatic rings. The molecule has 1 aromatic carbocycles. The summed E-state index contributed by atoms with van der Waals surface area (Å²) in [7, 11) is 0.00497. The molecule has 3 heterocycles. The molecule has 0 aliphatic carbocycles. The van der Waals surface area contributed by atoms with E-state index in [1.165, 1.54) is 4.90 Å². The first-order valence-electron chi connectivity index (χ1n) is 10.7. The van der Waals surface area contributed by atoms with Crippen molar-refractivity contribution >= 4 is 26.7 Å². The lowest BCUT2D eigenvalue weighted by Gasteiger charge is -2.33. The molecule has 0 spiro atoms. The first-order valence-corrected chi connectivity index (χ1v) is 12.6. The van der Waals surface area contributed by atoms with E-state index in [0.717, 1.165) is 12.0 Å². The van der Waals surface area contributed by atoms with Crippen molar-refractivity contribution in [2.45, 2.75) is 58.1 Å². The second kappa shape index (κ2) is 7.79. The first-order chi connectivity index (χ1) is 14.9. The normalized spacial score (nSPS) is 21.1. The molecule has 2 aliphatic rings. The van der Waals surface area contributed by atoms with Crippen LogP contribution >= 0.6 is 0 Å². The SMILES string of the molecule is COc1cc2c(c3oc(=O)c(CC(=O)N(C)[C@H]4CCS(=O)(=O)C4)c(C)c13)CCC(C)(C)O2. The Labute approximate surface area is 187 Å². The summed E-state index contributed by atoms with van der Waals surface area (Å²) < 4.78 is 41.0. The average Bonchev–Trinajstić information content (AvgIpc) is 3.08. The van der Waals surface area contributed by atoms with Gasteiger partial charge in [0.15, 0.2) is 9.84 Å². The summed E-state index contributed by atoms with van der Waals surface area (Å²) in [5.74, 6) is 0.870. The Bertz CT molecular complexity index is 1260. The zero-order valence-corrected chi connectivity index (χ0v) is 19.9. The molecular formula is C23H29NO7S. The van der Waals surface area contributed by atoms with Crippen molar-refractivity contribution in [2.24, 2.45) is 0 Å². The number of sulfone groups is 1. The Morgan fingerprint density at radius 1 is 1.34 bits per heavy atom. The van der Waals surface area contributed by atoms with Gasteiger partial charge in [-0.15, -0.1) is 0 Å². The molecule has 0 saturated carbocycles. The summed E-state index contributed by atoms with van der Waals surface area (Å²) in [6, 6.07) is 1.44. The lowest BCUT2D eigenvalue weighted by molar-refractivity contribution is -0.130. The third-order valence-electron chi connectivity index (χ3n) is 6.64. The van der Waals surface area contributed by atoms with Gasteiger partial charge in [-0.25, -0.2) is 13.2 Å². The van der Waals surface area contributed by atoms with Crippen LogP contribution in [0.25, 0.3) is 11.0 Å².